The first kappa shape index (κ1) is 23.5. The molecule has 0 saturated carbocycles. The average Bonchev–Trinajstić information content (AvgIpc) is 2.74. The van der Waals surface area contributed by atoms with Gasteiger partial charge in [-0.25, -0.2) is 4.79 Å². The highest BCUT2D eigenvalue weighted by Gasteiger charge is 2.24. The van der Waals surface area contributed by atoms with Crippen molar-refractivity contribution in [3.63, 3.8) is 0 Å². The van der Waals surface area contributed by atoms with E-state index in [1.54, 1.807) is 7.05 Å². The fourth-order valence-electron chi connectivity index (χ4n) is 3.19. The van der Waals surface area contributed by atoms with E-state index in [0.29, 0.717) is 31.2 Å². The molecule has 30 heavy (non-hydrogen) atoms. The van der Waals surface area contributed by atoms with Gasteiger partial charge in [-0.1, -0.05) is 30.3 Å². The summed E-state index contributed by atoms with van der Waals surface area (Å²) in [6, 6.07) is 15.3. The number of rotatable bonds is 5. The predicted molar refractivity (Wildman–Crippen MR) is 129 cm³/mol. The summed E-state index contributed by atoms with van der Waals surface area (Å²) in [6.07, 6.45) is -0.0613. The number of para-hydroxylation sites is 1. The van der Waals surface area contributed by atoms with Crippen molar-refractivity contribution in [3.05, 3.63) is 59.7 Å². The number of carbonyl (C=O) groups excluding carboxylic acids is 2. The quantitative estimate of drug-likeness (QED) is 0.274. The van der Waals surface area contributed by atoms with Crippen LogP contribution in [0.3, 0.4) is 0 Å². The molecule has 8 nitrogen and oxygen atoms in total. The molecule has 0 bridgehead atoms. The van der Waals surface area contributed by atoms with Crippen molar-refractivity contribution in [3.8, 4) is 0 Å². The lowest BCUT2D eigenvalue weighted by atomic mass is 9.90. The molecular formula is C21H26IN5O3. The second-order valence-electron chi connectivity index (χ2n) is 6.66. The highest BCUT2D eigenvalue weighted by Crippen LogP contribution is 2.31. The van der Waals surface area contributed by atoms with Gasteiger partial charge >= 0.3 is 6.09 Å². The zero-order chi connectivity index (χ0) is 20.6. The summed E-state index contributed by atoms with van der Waals surface area (Å²) in [5, 5.41) is 12.1. The molecule has 0 aliphatic carbocycles. The van der Waals surface area contributed by atoms with E-state index in [1.807, 2.05) is 48.5 Å². The number of halogens is 1. The van der Waals surface area contributed by atoms with Gasteiger partial charge in [-0.3, -0.25) is 15.1 Å². The first-order valence-corrected chi connectivity index (χ1v) is 9.36. The molecule has 0 spiro atoms. The molecule has 0 aromatic heterocycles. The van der Waals surface area contributed by atoms with E-state index in [1.165, 1.54) is 7.11 Å². The van der Waals surface area contributed by atoms with Crippen LogP contribution in [0.25, 0.3) is 0 Å². The smallest absolute Gasteiger partial charge is 0.411 e. The molecule has 2 aromatic rings. The fourth-order valence-corrected chi connectivity index (χ4v) is 3.19. The molecule has 1 aliphatic heterocycles. The summed E-state index contributed by atoms with van der Waals surface area (Å²) < 4.78 is 4.57. The number of guanidine groups is 1. The Morgan fingerprint density at radius 1 is 1.17 bits per heavy atom. The van der Waals surface area contributed by atoms with E-state index in [-0.39, 0.29) is 35.8 Å². The molecule has 1 aliphatic rings. The molecule has 1 atom stereocenters. The summed E-state index contributed by atoms with van der Waals surface area (Å²) in [7, 11) is 3.03. The van der Waals surface area contributed by atoms with Gasteiger partial charge < -0.3 is 20.7 Å². The van der Waals surface area contributed by atoms with Gasteiger partial charge in [0.2, 0.25) is 5.91 Å². The molecule has 160 valence electrons. The van der Waals surface area contributed by atoms with Crippen molar-refractivity contribution in [2.75, 3.05) is 31.3 Å². The summed E-state index contributed by atoms with van der Waals surface area (Å²) in [5.41, 5.74) is 3.70. The summed E-state index contributed by atoms with van der Waals surface area (Å²) >= 11 is 0. The Hall–Kier alpha value is -2.82. The van der Waals surface area contributed by atoms with Crippen LogP contribution in [0.15, 0.2) is 53.5 Å². The zero-order valence-corrected chi connectivity index (χ0v) is 19.2. The van der Waals surface area contributed by atoms with Gasteiger partial charge in [0.15, 0.2) is 5.96 Å². The number of nitrogens with one attached hydrogen (secondary N) is 4. The minimum atomic E-state index is -0.501. The van der Waals surface area contributed by atoms with Crippen LogP contribution < -0.4 is 21.3 Å². The van der Waals surface area contributed by atoms with Gasteiger partial charge in [0.05, 0.1) is 7.11 Å². The third kappa shape index (κ3) is 6.34. The van der Waals surface area contributed by atoms with Crippen LogP contribution in [-0.2, 0) is 16.1 Å². The SMILES string of the molecule is CN=C(NCc1ccc(NC(=O)OC)cc1)NCC1CC(=O)Nc2ccccc21.I. The van der Waals surface area contributed by atoms with E-state index in [9.17, 15) is 9.59 Å². The van der Waals surface area contributed by atoms with Gasteiger partial charge in [0.25, 0.3) is 0 Å². The molecule has 1 heterocycles. The number of ether oxygens (including phenoxy) is 1. The topological polar surface area (TPSA) is 104 Å². The van der Waals surface area contributed by atoms with Crippen LogP contribution in [0.2, 0.25) is 0 Å². The summed E-state index contributed by atoms with van der Waals surface area (Å²) in [4.78, 5) is 27.4. The maximum Gasteiger partial charge on any atom is 0.411 e. The first-order chi connectivity index (χ1) is 14.1. The Morgan fingerprint density at radius 2 is 1.90 bits per heavy atom. The van der Waals surface area contributed by atoms with E-state index >= 15 is 0 Å². The third-order valence-electron chi connectivity index (χ3n) is 4.69. The van der Waals surface area contributed by atoms with Crippen molar-refractivity contribution >= 4 is 53.3 Å². The van der Waals surface area contributed by atoms with E-state index in [4.69, 9.17) is 0 Å². The molecule has 9 heteroatoms. The number of hydrogen-bond acceptors (Lipinski definition) is 4. The van der Waals surface area contributed by atoms with Crippen LogP contribution in [-0.4, -0.2) is 38.7 Å². The van der Waals surface area contributed by atoms with Crippen molar-refractivity contribution in [2.45, 2.75) is 18.9 Å². The van der Waals surface area contributed by atoms with Crippen LogP contribution in [0, 0.1) is 0 Å². The number of anilines is 2. The second-order valence-corrected chi connectivity index (χ2v) is 6.66. The number of hydrogen-bond donors (Lipinski definition) is 4. The second kappa shape index (κ2) is 11.4. The fraction of sp³-hybridized carbons (Fsp3) is 0.286. The standard InChI is InChI=1S/C21H25N5O3.HI/c1-22-20(23-12-14-7-9-16(10-8-14)25-21(28)29-2)24-13-15-11-19(27)26-18-6-4-3-5-17(15)18;/h3-10,15H,11-13H2,1-2H3,(H,25,28)(H,26,27)(H2,22,23,24);1H. The molecule has 3 rings (SSSR count). The summed E-state index contributed by atoms with van der Waals surface area (Å²) in [5.74, 6) is 0.770. The van der Waals surface area contributed by atoms with E-state index in [0.717, 1.165) is 16.8 Å². The molecule has 2 aromatic carbocycles. The van der Waals surface area contributed by atoms with Crippen molar-refractivity contribution < 1.29 is 14.3 Å². The Balaban J connectivity index is 0.00000320. The normalized spacial score (nSPS) is 15.2. The lowest BCUT2D eigenvalue weighted by Crippen LogP contribution is -2.40. The number of nitrogens with zero attached hydrogens (tertiary/aromatic N) is 1. The van der Waals surface area contributed by atoms with Gasteiger partial charge in [0, 0.05) is 43.9 Å². The number of carbonyl (C=O) groups is 2. The highest BCUT2D eigenvalue weighted by molar-refractivity contribution is 14.0. The Kier molecular flexibility index (Phi) is 8.90. The van der Waals surface area contributed by atoms with Gasteiger partial charge in [-0.15, -0.1) is 24.0 Å². The number of methoxy groups -OCH3 is 1. The Labute approximate surface area is 192 Å². The summed E-state index contributed by atoms with van der Waals surface area (Å²) in [6.45, 7) is 1.17. The Morgan fingerprint density at radius 3 is 2.60 bits per heavy atom. The van der Waals surface area contributed by atoms with E-state index in [2.05, 4.69) is 31.0 Å². The van der Waals surface area contributed by atoms with Gasteiger partial charge in [-0.2, -0.15) is 0 Å². The zero-order valence-electron chi connectivity index (χ0n) is 16.9. The maximum atomic E-state index is 12.0. The molecule has 0 radical (unpaired) electrons. The van der Waals surface area contributed by atoms with Gasteiger partial charge in [0.1, 0.15) is 0 Å². The molecular weight excluding hydrogens is 497 g/mol. The molecule has 2 amide bonds. The van der Waals surface area contributed by atoms with Crippen LogP contribution in [0.4, 0.5) is 16.2 Å². The molecule has 0 saturated heterocycles. The van der Waals surface area contributed by atoms with Crippen LogP contribution >= 0.6 is 24.0 Å². The van der Waals surface area contributed by atoms with Crippen LogP contribution in [0.1, 0.15) is 23.5 Å². The Bertz CT molecular complexity index is 902. The maximum absolute atomic E-state index is 12.0. The van der Waals surface area contributed by atoms with Crippen molar-refractivity contribution in [1.82, 2.24) is 10.6 Å². The predicted octanol–water partition coefficient (Wildman–Crippen LogP) is 3.27. The minimum Gasteiger partial charge on any atom is -0.453 e. The van der Waals surface area contributed by atoms with Crippen LogP contribution in [0.5, 0.6) is 0 Å². The third-order valence-corrected chi connectivity index (χ3v) is 4.69. The minimum absolute atomic E-state index is 0. The lowest BCUT2D eigenvalue weighted by molar-refractivity contribution is -0.116. The number of amides is 2. The number of fused-ring (bicyclic) bond motifs is 1. The van der Waals surface area contributed by atoms with E-state index < -0.39 is 6.09 Å². The number of aliphatic imine (C=N–C) groups is 1. The van der Waals surface area contributed by atoms with Gasteiger partial charge in [-0.05, 0) is 29.3 Å². The first-order valence-electron chi connectivity index (χ1n) is 9.36. The number of benzene rings is 2. The molecule has 1 unspecified atom stereocenters. The monoisotopic (exact) mass is 523 g/mol. The molecule has 0 fully saturated rings. The largest absolute Gasteiger partial charge is 0.453 e. The average molecular weight is 523 g/mol. The van der Waals surface area contributed by atoms with Crippen molar-refractivity contribution in [1.29, 1.82) is 0 Å². The molecule has 4 N–H and O–H groups in total. The lowest BCUT2D eigenvalue weighted by Gasteiger charge is -2.26. The highest BCUT2D eigenvalue weighted by atomic mass is 127. The van der Waals surface area contributed by atoms with Crippen molar-refractivity contribution in [2.24, 2.45) is 4.99 Å².